The maximum Gasteiger partial charge on any atom is 0.264 e. The number of halogens is 1. The summed E-state index contributed by atoms with van der Waals surface area (Å²) in [5.41, 5.74) is 2.97. The number of carbonyl (C=O) groups is 1. The van der Waals surface area contributed by atoms with Gasteiger partial charge in [-0.25, -0.2) is 13.1 Å². The van der Waals surface area contributed by atoms with Crippen molar-refractivity contribution in [2.75, 3.05) is 23.7 Å². The summed E-state index contributed by atoms with van der Waals surface area (Å²) in [6, 6.07) is 10.9. The number of aryl methyl sites for hydroxylation is 1. The molecule has 1 amide bonds. The highest BCUT2D eigenvalue weighted by Gasteiger charge is 2.48. The van der Waals surface area contributed by atoms with Gasteiger partial charge in [0.15, 0.2) is 0 Å². The van der Waals surface area contributed by atoms with E-state index in [4.69, 9.17) is 16.3 Å². The highest BCUT2D eigenvalue weighted by Crippen LogP contribution is 2.51. The second kappa shape index (κ2) is 13.4. The van der Waals surface area contributed by atoms with Crippen molar-refractivity contribution in [1.82, 2.24) is 4.72 Å². The molecule has 1 heterocycles. The van der Waals surface area contributed by atoms with Crippen LogP contribution in [-0.2, 0) is 23.1 Å². The first kappa shape index (κ1) is 31.1. The number of benzene rings is 2. The Morgan fingerprint density at radius 2 is 2.02 bits per heavy atom. The van der Waals surface area contributed by atoms with Crippen molar-refractivity contribution in [2.45, 2.75) is 64.6 Å². The molecular weight excluding hydrogens is 560 g/mol. The zero-order valence-corrected chi connectivity index (χ0v) is 25.4. The van der Waals surface area contributed by atoms with Crippen molar-refractivity contribution < 1.29 is 23.1 Å². The molecule has 0 spiro atoms. The molecule has 0 saturated heterocycles. The van der Waals surface area contributed by atoms with Gasteiger partial charge in [0.05, 0.1) is 17.5 Å². The van der Waals surface area contributed by atoms with Gasteiger partial charge >= 0.3 is 0 Å². The maximum absolute atomic E-state index is 13.1. The first-order valence-electron chi connectivity index (χ1n) is 14.3. The number of fused-ring (bicyclic) bond motifs is 2. The number of aliphatic hydroxyl groups excluding tert-OH is 1. The third-order valence-corrected chi connectivity index (χ3v) is 10.1. The summed E-state index contributed by atoms with van der Waals surface area (Å²) in [6.45, 7) is 11.2. The van der Waals surface area contributed by atoms with E-state index in [0.717, 1.165) is 55.5 Å². The molecule has 1 fully saturated rings. The summed E-state index contributed by atoms with van der Waals surface area (Å²) in [7, 11) is -3.80. The topological polar surface area (TPSA) is 95.9 Å². The molecule has 3 atom stereocenters. The van der Waals surface area contributed by atoms with Crippen molar-refractivity contribution in [3.05, 3.63) is 83.4 Å². The molecule has 9 heteroatoms. The molecule has 222 valence electrons. The fourth-order valence-electron chi connectivity index (χ4n) is 5.80. The lowest BCUT2D eigenvalue weighted by Gasteiger charge is -2.52. The van der Waals surface area contributed by atoms with Crippen LogP contribution in [0, 0.1) is 11.3 Å². The molecule has 0 aromatic heterocycles. The van der Waals surface area contributed by atoms with Crippen LogP contribution in [0.25, 0.3) is 0 Å². The summed E-state index contributed by atoms with van der Waals surface area (Å²) < 4.78 is 33.4. The summed E-state index contributed by atoms with van der Waals surface area (Å²) in [6.07, 6.45) is 8.22. The number of hydrogen-bond acceptors (Lipinski definition) is 6. The zero-order chi connectivity index (χ0) is 29.6. The summed E-state index contributed by atoms with van der Waals surface area (Å²) >= 11 is 6.29. The van der Waals surface area contributed by atoms with Crippen LogP contribution in [-0.4, -0.2) is 44.4 Å². The van der Waals surface area contributed by atoms with Crippen LogP contribution >= 0.6 is 11.6 Å². The van der Waals surface area contributed by atoms with Gasteiger partial charge in [-0.3, -0.25) is 4.79 Å². The van der Waals surface area contributed by atoms with Gasteiger partial charge in [0.2, 0.25) is 10.0 Å². The number of carbonyl (C=O) groups excluding carboxylic acids is 1. The quantitative estimate of drug-likeness (QED) is 0.322. The van der Waals surface area contributed by atoms with Gasteiger partial charge in [-0.1, -0.05) is 36.7 Å². The number of hydrogen-bond donors (Lipinski definition) is 2. The highest BCUT2D eigenvalue weighted by molar-refractivity contribution is 7.90. The van der Waals surface area contributed by atoms with E-state index in [-0.39, 0.29) is 29.1 Å². The smallest absolute Gasteiger partial charge is 0.264 e. The minimum atomic E-state index is -3.80. The minimum absolute atomic E-state index is 0.209. The van der Waals surface area contributed by atoms with E-state index in [1.807, 2.05) is 18.2 Å². The number of anilines is 1. The molecule has 2 aromatic carbocycles. The zero-order valence-electron chi connectivity index (χ0n) is 23.8. The Morgan fingerprint density at radius 3 is 2.73 bits per heavy atom. The molecule has 0 radical (unpaired) electrons. The van der Waals surface area contributed by atoms with Crippen LogP contribution in [0.2, 0.25) is 5.02 Å². The normalized spacial score (nSPS) is 21.6. The average Bonchev–Trinajstić information content (AvgIpc) is 2.96. The molecule has 2 aliphatic rings. The Kier molecular flexibility index (Phi) is 10.2. The molecule has 2 aromatic rings. The monoisotopic (exact) mass is 600 g/mol. The first-order chi connectivity index (χ1) is 19.6. The molecule has 1 aliphatic heterocycles. The Morgan fingerprint density at radius 1 is 1.22 bits per heavy atom. The minimum Gasteiger partial charge on any atom is -0.487 e. The lowest BCUT2D eigenvalue weighted by molar-refractivity contribution is -0.0693. The number of amides is 1. The van der Waals surface area contributed by atoms with Gasteiger partial charge < -0.3 is 14.7 Å². The molecule has 2 N–H and O–H groups in total. The Bertz CT molecular complexity index is 1380. The third-order valence-electron chi connectivity index (χ3n) is 8.63. The van der Waals surface area contributed by atoms with Crippen molar-refractivity contribution in [3.63, 3.8) is 0 Å². The van der Waals surface area contributed by atoms with Crippen LogP contribution in [0.3, 0.4) is 0 Å². The number of allylic oxidation sites excluding steroid dienone is 1. The average molecular weight is 601 g/mol. The van der Waals surface area contributed by atoms with Gasteiger partial charge in [-0.15, -0.1) is 13.2 Å². The highest BCUT2D eigenvalue weighted by atomic mass is 35.5. The van der Waals surface area contributed by atoms with Gasteiger partial charge in [0, 0.05) is 23.7 Å². The lowest BCUT2D eigenvalue weighted by Crippen LogP contribution is -2.51. The Balaban J connectivity index is 1.67. The van der Waals surface area contributed by atoms with Crippen LogP contribution in [0.5, 0.6) is 5.75 Å². The van der Waals surface area contributed by atoms with Crippen molar-refractivity contribution in [3.8, 4) is 5.75 Å². The number of ether oxygens (including phenoxy) is 1. The van der Waals surface area contributed by atoms with Gasteiger partial charge in [-0.05, 0) is 97.7 Å². The van der Waals surface area contributed by atoms with E-state index in [2.05, 4.69) is 29.7 Å². The molecule has 0 bridgehead atoms. The van der Waals surface area contributed by atoms with Gasteiger partial charge in [-0.2, -0.15) is 0 Å². The molecule has 41 heavy (non-hydrogen) atoms. The SMILES string of the molecule is C=CCCS(=O)(=O)NC(=O)c1ccc2c(c1)N(C[C@H]1CC[C@]1(C)[C@H](O)CC=C)CCCCc1cc(Cl)ccc1CO2. The fraction of sp³-hybridized carbons (Fsp3) is 0.469. The molecule has 1 saturated carbocycles. The van der Waals surface area contributed by atoms with E-state index in [1.54, 1.807) is 24.3 Å². The Hall–Kier alpha value is -2.81. The van der Waals surface area contributed by atoms with Crippen molar-refractivity contribution in [1.29, 1.82) is 0 Å². The van der Waals surface area contributed by atoms with Gasteiger partial charge in [0.1, 0.15) is 12.4 Å². The summed E-state index contributed by atoms with van der Waals surface area (Å²) in [5, 5.41) is 11.6. The number of nitrogens with zero attached hydrogens (tertiary/aromatic N) is 1. The largest absolute Gasteiger partial charge is 0.487 e. The first-order valence-corrected chi connectivity index (χ1v) is 16.3. The molecule has 7 nitrogen and oxygen atoms in total. The van der Waals surface area contributed by atoms with Crippen LogP contribution < -0.4 is 14.4 Å². The molecule has 0 unspecified atom stereocenters. The van der Waals surface area contributed by atoms with Gasteiger partial charge in [0.25, 0.3) is 5.91 Å². The molecular formula is C32H41ClN2O5S. The number of aliphatic hydroxyl groups is 1. The predicted molar refractivity (Wildman–Crippen MR) is 165 cm³/mol. The third kappa shape index (κ3) is 7.53. The van der Waals surface area contributed by atoms with E-state index in [1.165, 1.54) is 6.08 Å². The molecule has 4 rings (SSSR count). The van der Waals surface area contributed by atoms with Crippen LogP contribution in [0.15, 0.2) is 61.7 Å². The molecule has 1 aliphatic carbocycles. The fourth-order valence-corrected chi connectivity index (χ4v) is 6.98. The summed E-state index contributed by atoms with van der Waals surface area (Å²) in [5.74, 6) is -0.0326. The van der Waals surface area contributed by atoms with E-state index < -0.39 is 22.0 Å². The second-order valence-electron chi connectivity index (χ2n) is 11.4. The summed E-state index contributed by atoms with van der Waals surface area (Å²) in [4.78, 5) is 15.3. The number of rotatable bonds is 10. The van der Waals surface area contributed by atoms with Crippen LogP contribution in [0.1, 0.15) is 66.9 Å². The number of nitrogens with one attached hydrogen (secondary N) is 1. The lowest BCUT2D eigenvalue weighted by atomic mass is 9.57. The van der Waals surface area contributed by atoms with E-state index in [9.17, 15) is 18.3 Å². The van der Waals surface area contributed by atoms with Crippen LogP contribution in [0.4, 0.5) is 5.69 Å². The second-order valence-corrected chi connectivity index (χ2v) is 13.7. The van der Waals surface area contributed by atoms with Crippen molar-refractivity contribution in [2.24, 2.45) is 11.3 Å². The maximum atomic E-state index is 13.1. The van der Waals surface area contributed by atoms with Crippen molar-refractivity contribution >= 4 is 33.2 Å². The number of sulfonamides is 1. The van der Waals surface area contributed by atoms with E-state index >= 15 is 0 Å². The predicted octanol–water partition coefficient (Wildman–Crippen LogP) is 6.05. The standard InChI is InChI=1S/C32H41ClN2O5S/c1-4-6-18-41(38,39)34-31(37)24-12-14-29-28(20-24)35(21-26-15-16-32(26,3)30(36)9-5-2)17-8-7-10-23-19-27(33)13-11-25(23)22-40-29/h4-5,11-14,19-20,26,30,36H,1-2,6-10,15-18,21-22H2,3H3,(H,34,37)/t26-,30-,32+/m1/s1. The Labute approximate surface area is 249 Å². The van der Waals surface area contributed by atoms with E-state index in [0.29, 0.717) is 30.3 Å².